The molecule has 4 heteroatoms. The van der Waals surface area contributed by atoms with Gasteiger partial charge in [0.1, 0.15) is 5.82 Å². The van der Waals surface area contributed by atoms with Gasteiger partial charge in [-0.05, 0) is 24.6 Å². The highest BCUT2D eigenvalue weighted by Crippen LogP contribution is 2.10. The summed E-state index contributed by atoms with van der Waals surface area (Å²) >= 11 is 0. The van der Waals surface area contributed by atoms with E-state index in [2.05, 4.69) is 5.32 Å². The Hall–Kier alpha value is -1.42. The minimum absolute atomic E-state index is 0.116. The number of likely N-dealkylation sites (N-methyl/N-ethyl adjacent to an activating group) is 1. The van der Waals surface area contributed by atoms with Crippen molar-refractivity contribution in [1.82, 2.24) is 10.2 Å². The van der Waals surface area contributed by atoms with Gasteiger partial charge in [-0.2, -0.15) is 0 Å². The molecule has 2 rings (SSSR count). The monoisotopic (exact) mass is 236 g/mol. The number of amides is 1. The largest absolute Gasteiger partial charge is 0.337 e. The second-order valence-corrected chi connectivity index (χ2v) is 4.30. The quantitative estimate of drug-likeness (QED) is 0.851. The van der Waals surface area contributed by atoms with Crippen molar-refractivity contribution >= 4 is 5.91 Å². The normalized spacial score (nSPS) is 15.4. The lowest BCUT2D eigenvalue weighted by atomic mass is 10.1. The Balaban J connectivity index is 1.97. The number of halogens is 1. The number of benzene rings is 1. The van der Waals surface area contributed by atoms with Crippen LogP contribution in [0.1, 0.15) is 12.5 Å². The molecular weight excluding hydrogens is 219 g/mol. The van der Waals surface area contributed by atoms with E-state index in [4.69, 9.17) is 0 Å². The van der Waals surface area contributed by atoms with Crippen molar-refractivity contribution in [3.8, 4) is 0 Å². The van der Waals surface area contributed by atoms with Gasteiger partial charge >= 0.3 is 0 Å². The molecule has 0 aliphatic carbocycles. The predicted molar refractivity (Wildman–Crippen MR) is 64.1 cm³/mol. The van der Waals surface area contributed by atoms with Gasteiger partial charge < -0.3 is 10.2 Å². The third-order valence-corrected chi connectivity index (χ3v) is 3.13. The van der Waals surface area contributed by atoms with Crippen LogP contribution in [0.2, 0.25) is 0 Å². The van der Waals surface area contributed by atoms with Crippen molar-refractivity contribution in [3.63, 3.8) is 0 Å². The summed E-state index contributed by atoms with van der Waals surface area (Å²) in [5.74, 6) is -0.151. The Kier molecular flexibility index (Phi) is 3.74. The van der Waals surface area contributed by atoms with E-state index in [0.717, 1.165) is 25.2 Å². The molecule has 1 aliphatic heterocycles. The third kappa shape index (κ3) is 2.82. The summed E-state index contributed by atoms with van der Waals surface area (Å²) in [6.45, 7) is 4.47. The van der Waals surface area contributed by atoms with Gasteiger partial charge in [-0.1, -0.05) is 12.1 Å². The number of carbonyl (C=O) groups is 1. The fraction of sp³-hybridized carbons (Fsp3) is 0.462. The summed E-state index contributed by atoms with van der Waals surface area (Å²) in [7, 11) is 0. The lowest BCUT2D eigenvalue weighted by Gasteiger charge is -2.37. The van der Waals surface area contributed by atoms with Crippen LogP contribution >= 0.6 is 0 Å². The van der Waals surface area contributed by atoms with Crippen LogP contribution in [0.3, 0.4) is 0 Å². The lowest BCUT2D eigenvalue weighted by Crippen LogP contribution is -2.59. The molecule has 1 heterocycles. The lowest BCUT2D eigenvalue weighted by molar-refractivity contribution is -0.133. The summed E-state index contributed by atoms with van der Waals surface area (Å²) in [4.78, 5) is 14.0. The first-order chi connectivity index (χ1) is 8.20. The Morgan fingerprint density at radius 2 is 2.06 bits per heavy atom. The number of hydrogen-bond donors (Lipinski definition) is 1. The van der Waals surface area contributed by atoms with Crippen LogP contribution in [-0.4, -0.2) is 36.5 Å². The molecule has 1 aliphatic rings. The van der Waals surface area contributed by atoms with Crippen LogP contribution in [0.25, 0.3) is 0 Å². The van der Waals surface area contributed by atoms with Crippen LogP contribution in [-0.2, 0) is 11.2 Å². The number of nitrogens with one attached hydrogen (secondary N) is 1. The van der Waals surface area contributed by atoms with Crippen molar-refractivity contribution in [2.45, 2.75) is 19.4 Å². The summed E-state index contributed by atoms with van der Waals surface area (Å²) < 4.78 is 12.7. The number of hydrogen-bond acceptors (Lipinski definition) is 2. The zero-order chi connectivity index (χ0) is 12.3. The first-order valence-electron chi connectivity index (χ1n) is 5.95. The molecule has 1 saturated heterocycles. The smallest absolute Gasteiger partial charge is 0.227 e. The summed E-state index contributed by atoms with van der Waals surface area (Å²) in [6.07, 6.45) is 0.352. The van der Waals surface area contributed by atoms with Crippen LogP contribution in [0.15, 0.2) is 24.3 Å². The summed E-state index contributed by atoms with van der Waals surface area (Å²) in [5.41, 5.74) is 0.863. The molecule has 17 heavy (non-hydrogen) atoms. The molecular formula is C13H17FN2O. The van der Waals surface area contributed by atoms with Gasteiger partial charge in [0.2, 0.25) is 5.91 Å². The first-order valence-corrected chi connectivity index (χ1v) is 5.95. The van der Waals surface area contributed by atoms with Gasteiger partial charge in [0.25, 0.3) is 0 Å². The Morgan fingerprint density at radius 3 is 2.53 bits per heavy atom. The average molecular weight is 236 g/mol. The van der Waals surface area contributed by atoms with Crippen molar-refractivity contribution in [2.24, 2.45) is 0 Å². The fourth-order valence-electron chi connectivity index (χ4n) is 2.01. The highest BCUT2D eigenvalue weighted by atomic mass is 19.1. The Morgan fingerprint density at radius 1 is 1.41 bits per heavy atom. The van der Waals surface area contributed by atoms with E-state index in [1.807, 2.05) is 11.8 Å². The second kappa shape index (κ2) is 5.27. The van der Waals surface area contributed by atoms with E-state index in [1.165, 1.54) is 12.1 Å². The van der Waals surface area contributed by atoms with E-state index in [0.29, 0.717) is 12.5 Å². The fourth-order valence-corrected chi connectivity index (χ4v) is 2.01. The molecule has 92 valence electrons. The first kappa shape index (κ1) is 12.0. The van der Waals surface area contributed by atoms with Crippen LogP contribution in [0.5, 0.6) is 0 Å². The van der Waals surface area contributed by atoms with Gasteiger partial charge in [-0.15, -0.1) is 0 Å². The predicted octanol–water partition coefficient (Wildman–Crippen LogP) is 1.19. The van der Waals surface area contributed by atoms with Crippen molar-refractivity contribution < 1.29 is 9.18 Å². The molecule has 0 unspecified atom stereocenters. The topological polar surface area (TPSA) is 32.3 Å². The highest BCUT2D eigenvalue weighted by molar-refractivity contribution is 5.79. The standard InChI is InChI=1S/C13H17FN2O/c1-2-16(12-8-15-9-12)13(17)7-10-3-5-11(14)6-4-10/h3-6,12,15H,2,7-9H2,1H3. The SMILES string of the molecule is CCN(C(=O)Cc1ccc(F)cc1)C1CNC1. The molecule has 1 amide bonds. The Labute approximate surface area is 101 Å². The molecule has 0 bridgehead atoms. The zero-order valence-electron chi connectivity index (χ0n) is 9.95. The number of nitrogens with zero attached hydrogens (tertiary/aromatic N) is 1. The maximum atomic E-state index is 12.7. The van der Waals surface area contributed by atoms with Crippen LogP contribution in [0, 0.1) is 5.82 Å². The number of carbonyl (C=O) groups excluding carboxylic acids is 1. The van der Waals surface area contributed by atoms with Gasteiger partial charge in [0.05, 0.1) is 12.5 Å². The second-order valence-electron chi connectivity index (χ2n) is 4.30. The van der Waals surface area contributed by atoms with Crippen molar-refractivity contribution in [2.75, 3.05) is 19.6 Å². The summed E-state index contributed by atoms with van der Waals surface area (Å²) in [6, 6.07) is 6.45. The zero-order valence-corrected chi connectivity index (χ0v) is 9.95. The molecule has 0 spiro atoms. The molecule has 1 fully saturated rings. The maximum Gasteiger partial charge on any atom is 0.227 e. The molecule has 1 aromatic rings. The summed E-state index contributed by atoms with van der Waals surface area (Å²) in [5, 5.41) is 3.16. The third-order valence-electron chi connectivity index (χ3n) is 3.13. The molecule has 0 atom stereocenters. The van der Waals surface area contributed by atoms with Crippen LogP contribution < -0.4 is 5.32 Å². The van der Waals surface area contributed by atoms with Crippen molar-refractivity contribution in [3.05, 3.63) is 35.6 Å². The molecule has 3 nitrogen and oxygen atoms in total. The molecule has 0 radical (unpaired) electrons. The van der Waals surface area contributed by atoms with Crippen LogP contribution in [0.4, 0.5) is 4.39 Å². The average Bonchev–Trinajstić information content (AvgIpc) is 2.26. The Bertz CT molecular complexity index is 387. The minimum atomic E-state index is -0.267. The maximum absolute atomic E-state index is 12.7. The molecule has 0 saturated carbocycles. The van der Waals surface area contributed by atoms with Gasteiger partial charge in [0.15, 0.2) is 0 Å². The van der Waals surface area contributed by atoms with E-state index in [-0.39, 0.29) is 11.7 Å². The van der Waals surface area contributed by atoms with E-state index >= 15 is 0 Å². The van der Waals surface area contributed by atoms with E-state index < -0.39 is 0 Å². The van der Waals surface area contributed by atoms with E-state index in [9.17, 15) is 9.18 Å². The van der Waals surface area contributed by atoms with Gasteiger partial charge in [0, 0.05) is 19.6 Å². The van der Waals surface area contributed by atoms with Crippen molar-refractivity contribution in [1.29, 1.82) is 0 Å². The molecule has 0 aromatic heterocycles. The number of rotatable bonds is 4. The highest BCUT2D eigenvalue weighted by Gasteiger charge is 2.26. The molecule has 1 N–H and O–H groups in total. The van der Waals surface area contributed by atoms with E-state index in [1.54, 1.807) is 12.1 Å². The molecule has 1 aromatic carbocycles. The van der Waals surface area contributed by atoms with Gasteiger partial charge in [-0.25, -0.2) is 4.39 Å². The van der Waals surface area contributed by atoms with Gasteiger partial charge in [-0.3, -0.25) is 4.79 Å². The minimum Gasteiger partial charge on any atom is -0.337 e.